The van der Waals surface area contributed by atoms with Crippen molar-refractivity contribution in [2.75, 3.05) is 0 Å². The smallest absolute Gasteiger partial charge is 0.142 e. The minimum absolute atomic E-state index is 0.296. The highest BCUT2D eigenvalue weighted by Crippen LogP contribution is 2.25. The molecule has 0 aromatic rings. The molecule has 0 aliphatic rings. The highest BCUT2D eigenvalue weighted by atomic mass is 16.3. The third-order valence-electron chi connectivity index (χ3n) is 2.29. The Morgan fingerprint density at radius 2 is 2.08 bits per heavy atom. The molecule has 0 fully saturated rings. The first-order chi connectivity index (χ1) is 6.04. The van der Waals surface area contributed by atoms with Crippen molar-refractivity contribution in [2.24, 2.45) is 5.41 Å². The van der Waals surface area contributed by atoms with E-state index in [4.69, 9.17) is 0 Å². The molecule has 0 amide bonds. The average molecular weight is 184 g/mol. The van der Waals surface area contributed by atoms with Crippen molar-refractivity contribution < 1.29 is 9.90 Å². The van der Waals surface area contributed by atoms with E-state index in [1.165, 1.54) is 6.08 Å². The first-order valence-corrected chi connectivity index (χ1v) is 4.85. The third-order valence-corrected chi connectivity index (χ3v) is 2.29. The standard InChI is InChI=1S/C11H20O2/c1-4-5-7-10(13)11(2,3)8-6-9-12/h6,8-10,13H,4-5,7H2,1-3H3/b8-6+. The molecule has 0 heterocycles. The minimum atomic E-state index is -0.358. The van der Waals surface area contributed by atoms with Crippen LogP contribution in [0.4, 0.5) is 0 Å². The lowest BCUT2D eigenvalue weighted by atomic mass is 9.83. The second-order valence-corrected chi connectivity index (χ2v) is 3.97. The van der Waals surface area contributed by atoms with Gasteiger partial charge in [-0.25, -0.2) is 0 Å². The fourth-order valence-electron chi connectivity index (χ4n) is 1.17. The Kier molecular flexibility index (Phi) is 5.63. The Morgan fingerprint density at radius 1 is 1.46 bits per heavy atom. The molecule has 76 valence electrons. The summed E-state index contributed by atoms with van der Waals surface area (Å²) in [5.74, 6) is 0. The highest BCUT2D eigenvalue weighted by Gasteiger charge is 2.23. The van der Waals surface area contributed by atoms with Gasteiger partial charge in [0.15, 0.2) is 0 Å². The summed E-state index contributed by atoms with van der Waals surface area (Å²) in [5, 5.41) is 9.77. The van der Waals surface area contributed by atoms with Crippen molar-refractivity contribution in [3.8, 4) is 0 Å². The SMILES string of the molecule is CCCCC(O)C(C)(C)/C=C/C=O. The van der Waals surface area contributed by atoms with Crippen molar-refractivity contribution in [3.63, 3.8) is 0 Å². The Morgan fingerprint density at radius 3 is 2.54 bits per heavy atom. The van der Waals surface area contributed by atoms with E-state index in [2.05, 4.69) is 6.92 Å². The molecule has 0 spiro atoms. The fourth-order valence-corrected chi connectivity index (χ4v) is 1.17. The predicted molar refractivity (Wildman–Crippen MR) is 54.5 cm³/mol. The molecule has 1 N–H and O–H groups in total. The molecule has 0 aromatic carbocycles. The molecule has 0 saturated carbocycles. The van der Waals surface area contributed by atoms with Gasteiger partial charge in [0.25, 0.3) is 0 Å². The molecule has 0 bridgehead atoms. The maximum absolute atomic E-state index is 10.1. The molecule has 2 nitrogen and oxygen atoms in total. The number of carbonyl (C=O) groups is 1. The summed E-state index contributed by atoms with van der Waals surface area (Å²) in [4.78, 5) is 10.1. The van der Waals surface area contributed by atoms with Crippen molar-refractivity contribution in [3.05, 3.63) is 12.2 Å². The maximum atomic E-state index is 10.1. The lowest BCUT2D eigenvalue weighted by Crippen LogP contribution is -2.27. The molecular formula is C11H20O2. The van der Waals surface area contributed by atoms with E-state index >= 15 is 0 Å². The van der Waals surface area contributed by atoms with Crippen LogP contribution in [-0.4, -0.2) is 17.5 Å². The fraction of sp³-hybridized carbons (Fsp3) is 0.727. The van der Waals surface area contributed by atoms with E-state index in [-0.39, 0.29) is 11.5 Å². The normalized spacial score (nSPS) is 14.8. The number of hydrogen-bond donors (Lipinski definition) is 1. The second kappa shape index (κ2) is 5.92. The molecule has 1 atom stereocenters. The molecule has 1 unspecified atom stereocenters. The lowest BCUT2D eigenvalue weighted by Gasteiger charge is -2.26. The van der Waals surface area contributed by atoms with Crippen LogP contribution in [0.1, 0.15) is 40.0 Å². The van der Waals surface area contributed by atoms with Gasteiger partial charge in [-0.1, -0.05) is 39.7 Å². The van der Waals surface area contributed by atoms with Crippen molar-refractivity contribution in [2.45, 2.75) is 46.1 Å². The van der Waals surface area contributed by atoms with E-state index < -0.39 is 0 Å². The molecule has 13 heavy (non-hydrogen) atoms. The maximum Gasteiger partial charge on any atom is 0.142 e. The largest absolute Gasteiger partial charge is 0.392 e. The third kappa shape index (κ3) is 4.83. The van der Waals surface area contributed by atoms with Crippen LogP contribution < -0.4 is 0 Å². The van der Waals surface area contributed by atoms with Crippen LogP contribution in [0.3, 0.4) is 0 Å². The van der Waals surface area contributed by atoms with E-state index in [9.17, 15) is 9.90 Å². The van der Waals surface area contributed by atoms with Crippen molar-refractivity contribution in [1.82, 2.24) is 0 Å². The summed E-state index contributed by atoms with van der Waals surface area (Å²) in [7, 11) is 0. The number of rotatable bonds is 6. The number of allylic oxidation sites excluding steroid dienone is 1. The Bertz CT molecular complexity index is 171. The van der Waals surface area contributed by atoms with Crippen LogP contribution in [0.15, 0.2) is 12.2 Å². The van der Waals surface area contributed by atoms with Gasteiger partial charge in [-0.2, -0.15) is 0 Å². The summed E-state index contributed by atoms with van der Waals surface area (Å²) < 4.78 is 0. The number of hydrogen-bond acceptors (Lipinski definition) is 2. The lowest BCUT2D eigenvalue weighted by molar-refractivity contribution is -0.104. The zero-order valence-corrected chi connectivity index (χ0v) is 8.79. The van der Waals surface area contributed by atoms with Gasteiger partial charge >= 0.3 is 0 Å². The van der Waals surface area contributed by atoms with Gasteiger partial charge in [0.2, 0.25) is 0 Å². The molecule has 0 aliphatic carbocycles. The Labute approximate surface area is 80.7 Å². The molecule has 0 rings (SSSR count). The highest BCUT2D eigenvalue weighted by molar-refractivity contribution is 5.64. The zero-order valence-electron chi connectivity index (χ0n) is 8.79. The minimum Gasteiger partial charge on any atom is -0.392 e. The van der Waals surface area contributed by atoms with Crippen LogP contribution in [0.5, 0.6) is 0 Å². The monoisotopic (exact) mass is 184 g/mol. The van der Waals surface area contributed by atoms with E-state index in [1.54, 1.807) is 6.08 Å². The quantitative estimate of drug-likeness (QED) is 0.508. The molecule has 0 saturated heterocycles. The molecule has 0 radical (unpaired) electrons. The van der Waals surface area contributed by atoms with E-state index in [0.717, 1.165) is 25.5 Å². The van der Waals surface area contributed by atoms with Gasteiger partial charge in [0, 0.05) is 5.41 Å². The molecule has 0 aliphatic heterocycles. The van der Waals surface area contributed by atoms with E-state index in [1.807, 2.05) is 13.8 Å². The van der Waals surface area contributed by atoms with Gasteiger partial charge in [-0.3, -0.25) is 4.79 Å². The molecule has 0 aromatic heterocycles. The van der Waals surface area contributed by atoms with Gasteiger partial charge in [-0.05, 0) is 12.5 Å². The van der Waals surface area contributed by atoms with Crippen LogP contribution in [0.25, 0.3) is 0 Å². The Hall–Kier alpha value is -0.630. The number of carbonyl (C=O) groups excluding carboxylic acids is 1. The first kappa shape index (κ1) is 12.4. The topological polar surface area (TPSA) is 37.3 Å². The van der Waals surface area contributed by atoms with E-state index in [0.29, 0.717) is 0 Å². The van der Waals surface area contributed by atoms with Crippen molar-refractivity contribution in [1.29, 1.82) is 0 Å². The first-order valence-electron chi connectivity index (χ1n) is 4.85. The Balaban J connectivity index is 4.09. The number of unbranched alkanes of at least 4 members (excludes halogenated alkanes) is 1. The number of aldehydes is 1. The number of aliphatic hydroxyl groups is 1. The van der Waals surface area contributed by atoms with Crippen LogP contribution in [-0.2, 0) is 4.79 Å². The second-order valence-electron chi connectivity index (χ2n) is 3.97. The number of aliphatic hydroxyl groups excluding tert-OH is 1. The average Bonchev–Trinajstić information content (AvgIpc) is 2.10. The van der Waals surface area contributed by atoms with Gasteiger partial charge in [-0.15, -0.1) is 0 Å². The summed E-state index contributed by atoms with van der Waals surface area (Å²) in [6, 6.07) is 0. The summed E-state index contributed by atoms with van der Waals surface area (Å²) in [6.45, 7) is 5.97. The molecular weight excluding hydrogens is 164 g/mol. The van der Waals surface area contributed by atoms with Gasteiger partial charge in [0.1, 0.15) is 6.29 Å². The van der Waals surface area contributed by atoms with Crippen LogP contribution in [0, 0.1) is 5.41 Å². The zero-order chi connectivity index (χ0) is 10.3. The summed E-state index contributed by atoms with van der Waals surface area (Å²) in [5.41, 5.74) is -0.296. The van der Waals surface area contributed by atoms with Crippen LogP contribution >= 0.6 is 0 Å². The van der Waals surface area contributed by atoms with Crippen LogP contribution in [0.2, 0.25) is 0 Å². The van der Waals surface area contributed by atoms with Crippen molar-refractivity contribution >= 4 is 6.29 Å². The predicted octanol–water partition coefficient (Wildman–Crippen LogP) is 2.32. The molecule has 2 heteroatoms. The van der Waals surface area contributed by atoms with Gasteiger partial charge in [0.05, 0.1) is 6.10 Å². The summed E-state index contributed by atoms with van der Waals surface area (Å²) >= 11 is 0. The van der Waals surface area contributed by atoms with Gasteiger partial charge < -0.3 is 5.11 Å². The summed E-state index contributed by atoms with van der Waals surface area (Å²) in [6.07, 6.45) is 6.52.